The highest BCUT2D eigenvalue weighted by atomic mass is 16.5. The predicted molar refractivity (Wildman–Crippen MR) is 127 cm³/mol. The number of piperidine rings is 1. The van der Waals surface area contributed by atoms with Gasteiger partial charge in [0.15, 0.2) is 0 Å². The van der Waals surface area contributed by atoms with Crippen molar-refractivity contribution >= 4 is 17.8 Å². The number of carbonyl (C=O) groups excluding carboxylic acids is 3. The fourth-order valence-corrected chi connectivity index (χ4v) is 6.12. The van der Waals surface area contributed by atoms with Gasteiger partial charge in [-0.1, -0.05) is 30.3 Å². The summed E-state index contributed by atoms with van der Waals surface area (Å²) < 4.78 is 5.59. The molecule has 0 radical (unpaired) electrons. The molecular formula is C26H36N4O4. The van der Waals surface area contributed by atoms with E-state index in [1.165, 1.54) is 17.7 Å². The van der Waals surface area contributed by atoms with E-state index in [0.29, 0.717) is 45.5 Å². The van der Waals surface area contributed by atoms with E-state index in [2.05, 4.69) is 10.2 Å². The number of hydrogen-bond acceptors (Lipinski definition) is 5. The SMILES string of the molecule is O=C(C1CCCO1)N1CCC(C2(Cc3ccccc3)NC(=O)N(CCN3CCCC3)C2=O)CC1. The van der Waals surface area contributed by atoms with Crippen LogP contribution in [0.1, 0.15) is 44.1 Å². The van der Waals surface area contributed by atoms with Crippen LogP contribution in [0.15, 0.2) is 30.3 Å². The zero-order valence-corrected chi connectivity index (χ0v) is 19.9. The number of imide groups is 1. The quantitative estimate of drug-likeness (QED) is 0.620. The maximum atomic E-state index is 13.9. The van der Waals surface area contributed by atoms with Gasteiger partial charge in [0.1, 0.15) is 11.6 Å². The molecule has 8 nitrogen and oxygen atoms in total. The molecule has 1 aromatic carbocycles. The van der Waals surface area contributed by atoms with Crippen molar-refractivity contribution in [1.29, 1.82) is 0 Å². The van der Waals surface area contributed by atoms with Gasteiger partial charge in [0, 0.05) is 39.2 Å². The minimum Gasteiger partial charge on any atom is -0.368 e. The number of amides is 4. The Morgan fingerprint density at radius 2 is 1.71 bits per heavy atom. The molecule has 4 aliphatic heterocycles. The maximum absolute atomic E-state index is 13.9. The zero-order valence-electron chi connectivity index (χ0n) is 19.9. The fourth-order valence-electron chi connectivity index (χ4n) is 6.12. The summed E-state index contributed by atoms with van der Waals surface area (Å²) in [6.07, 6.45) is 5.63. The largest absolute Gasteiger partial charge is 0.368 e. The molecule has 0 bridgehead atoms. The number of ether oxygens (including phenoxy) is 1. The van der Waals surface area contributed by atoms with Gasteiger partial charge in [-0.2, -0.15) is 0 Å². The van der Waals surface area contributed by atoms with Gasteiger partial charge >= 0.3 is 6.03 Å². The minimum absolute atomic E-state index is 0.0190. The lowest BCUT2D eigenvalue weighted by atomic mass is 9.74. The first-order valence-electron chi connectivity index (χ1n) is 12.9. The van der Waals surface area contributed by atoms with E-state index in [1.807, 2.05) is 35.2 Å². The Hall–Kier alpha value is -2.45. The van der Waals surface area contributed by atoms with Crippen LogP contribution in [0.25, 0.3) is 0 Å². The molecule has 5 rings (SSSR count). The number of carbonyl (C=O) groups is 3. The van der Waals surface area contributed by atoms with Crippen molar-refractivity contribution in [1.82, 2.24) is 20.0 Å². The fraction of sp³-hybridized carbons (Fsp3) is 0.654. The van der Waals surface area contributed by atoms with Crippen molar-refractivity contribution in [2.24, 2.45) is 5.92 Å². The van der Waals surface area contributed by atoms with E-state index >= 15 is 0 Å². The van der Waals surface area contributed by atoms with Crippen LogP contribution in [-0.2, 0) is 20.7 Å². The van der Waals surface area contributed by atoms with Gasteiger partial charge in [0.2, 0.25) is 0 Å². The van der Waals surface area contributed by atoms with Crippen molar-refractivity contribution in [3.63, 3.8) is 0 Å². The molecule has 2 atom stereocenters. The summed E-state index contributed by atoms with van der Waals surface area (Å²) in [6.45, 7) is 5.08. The van der Waals surface area contributed by atoms with E-state index in [0.717, 1.165) is 38.0 Å². The highest BCUT2D eigenvalue weighted by Crippen LogP contribution is 2.37. The Bertz CT molecular complexity index is 889. The molecule has 8 heteroatoms. The van der Waals surface area contributed by atoms with E-state index in [1.54, 1.807) is 0 Å². The highest BCUT2D eigenvalue weighted by molar-refractivity contribution is 6.07. The van der Waals surface area contributed by atoms with Crippen molar-refractivity contribution in [2.45, 2.75) is 56.6 Å². The van der Waals surface area contributed by atoms with Crippen LogP contribution in [0.2, 0.25) is 0 Å². The number of likely N-dealkylation sites (tertiary alicyclic amines) is 2. The Kier molecular flexibility index (Phi) is 6.88. The molecule has 4 saturated heterocycles. The summed E-state index contributed by atoms with van der Waals surface area (Å²) in [5.41, 5.74) is 0.0815. The second kappa shape index (κ2) is 10.0. The summed E-state index contributed by atoms with van der Waals surface area (Å²) >= 11 is 0. The zero-order chi connectivity index (χ0) is 23.5. The topological polar surface area (TPSA) is 82.2 Å². The van der Waals surface area contributed by atoms with Crippen LogP contribution >= 0.6 is 0 Å². The molecular weight excluding hydrogens is 432 g/mol. The number of rotatable bonds is 7. The van der Waals surface area contributed by atoms with E-state index in [-0.39, 0.29) is 29.9 Å². The third-order valence-electron chi connectivity index (χ3n) is 8.07. The third-order valence-corrected chi connectivity index (χ3v) is 8.07. The first-order valence-corrected chi connectivity index (χ1v) is 12.9. The van der Waals surface area contributed by atoms with E-state index in [9.17, 15) is 14.4 Å². The molecule has 4 amide bonds. The number of urea groups is 1. The molecule has 0 aliphatic carbocycles. The molecule has 1 N–H and O–H groups in total. The van der Waals surface area contributed by atoms with Crippen molar-refractivity contribution < 1.29 is 19.1 Å². The summed E-state index contributed by atoms with van der Waals surface area (Å²) in [5.74, 6) is -0.0546. The highest BCUT2D eigenvalue weighted by Gasteiger charge is 2.56. The normalized spacial score (nSPS) is 28.6. The molecule has 4 aliphatic rings. The monoisotopic (exact) mass is 468 g/mol. The second-order valence-electron chi connectivity index (χ2n) is 10.2. The molecule has 4 fully saturated rings. The number of benzene rings is 1. The van der Waals surface area contributed by atoms with Gasteiger partial charge in [-0.15, -0.1) is 0 Å². The lowest BCUT2D eigenvalue weighted by Crippen LogP contribution is -2.58. The summed E-state index contributed by atoms with van der Waals surface area (Å²) in [5, 5.41) is 3.15. The summed E-state index contributed by atoms with van der Waals surface area (Å²) in [4.78, 5) is 45.4. The number of nitrogens with one attached hydrogen (secondary N) is 1. The van der Waals surface area contributed by atoms with Crippen LogP contribution < -0.4 is 5.32 Å². The first-order chi connectivity index (χ1) is 16.6. The van der Waals surface area contributed by atoms with E-state index < -0.39 is 5.54 Å². The standard InChI is InChI=1S/C26H36N4O4/c31-23(22-9-6-18-34-22)29-14-10-21(11-15-29)26(19-20-7-2-1-3-8-20)24(32)30(25(33)27-26)17-16-28-12-4-5-13-28/h1-3,7-8,21-22H,4-6,9-19H2,(H,27,33). The third kappa shape index (κ3) is 4.58. The van der Waals surface area contributed by atoms with Gasteiger partial charge in [-0.3, -0.25) is 14.5 Å². The molecule has 4 heterocycles. The Morgan fingerprint density at radius 1 is 0.971 bits per heavy atom. The van der Waals surface area contributed by atoms with Crippen LogP contribution in [-0.4, -0.2) is 90.1 Å². The van der Waals surface area contributed by atoms with Gasteiger partial charge in [0.25, 0.3) is 11.8 Å². The minimum atomic E-state index is -0.956. The number of nitrogens with zero attached hydrogens (tertiary/aromatic N) is 3. The molecule has 0 spiro atoms. The average molecular weight is 469 g/mol. The average Bonchev–Trinajstić information content (AvgIpc) is 3.62. The Morgan fingerprint density at radius 3 is 2.38 bits per heavy atom. The van der Waals surface area contributed by atoms with Gasteiger partial charge in [-0.25, -0.2) is 4.79 Å². The smallest absolute Gasteiger partial charge is 0.325 e. The second-order valence-corrected chi connectivity index (χ2v) is 10.2. The molecule has 2 unspecified atom stereocenters. The van der Waals surface area contributed by atoms with Crippen molar-refractivity contribution in [2.75, 3.05) is 45.9 Å². The van der Waals surface area contributed by atoms with E-state index in [4.69, 9.17) is 4.74 Å². The van der Waals surface area contributed by atoms with Crippen LogP contribution in [0.3, 0.4) is 0 Å². The van der Waals surface area contributed by atoms with Crippen LogP contribution in [0.5, 0.6) is 0 Å². The van der Waals surface area contributed by atoms with Crippen molar-refractivity contribution in [3.8, 4) is 0 Å². The summed E-state index contributed by atoms with van der Waals surface area (Å²) in [6, 6.07) is 9.66. The van der Waals surface area contributed by atoms with Gasteiger partial charge < -0.3 is 19.9 Å². The van der Waals surface area contributed by atoms with Crippen molar-refractivity contribution in [3.05, 3.63) is 35.9 Å². The predicted octanol–water partition coefficient (Wildman–Crippen LogP) is 2.03. The molecule has 0 aromatic heterocycles. The van der Waals surface area contributed by atoms with Crippen LogP contribution in [0, 0.1) is 5.92 Å². The number of hydrogen-bond donors (Lipinski definition) is 1. The lowest BCUT2D eigenvalue weighted by molar-refractivity contribution is -0.143. The molecule has 34 heavy (non-hydrogen) atoms. The van der Waals surface area contributed by atoms with Crippen LogP contribution in [0.4, 0.5) is 4.79 Å². The first kappa shape index (κ1) is 23.3. The Labute approximate surface area is 201 Å². The Balaban J connectivity index is 1.31. The maximum Gasteiger partial charge on any atom is 0.325 e. The van der Waals surface area contributed by atoms with Gasteiger partial charge in [0.05, 0.1) is 0 Å². The molecule has 0 saturated carbocycles. The lowest BCUT2D eigenvalue weighted by Gasteiger charge is -2.41. The molecule has 184 valence electrons. The summed E-state index contributed by atoms with van der Waals surface area (Å²) in [7, 11) is 0. The van der Waals surface area contributed by atoms with Gasteiger partial charge in [-0.05, 0) is 63.1 Å². The molecule has 1 aromatic rings.